The number of anilines is 1. The maximum absolute atomic E-state index is 13.2. The van der Waals surface area contributed by atoms with Gasteiger partial charge in [-0.2, -0.15) is 0 Å². The van der Waals surface area contributed by atoms with Crippen LogP contribution < -0.4 is 10.6 Å². The Labute approximate surface area is 201 Å². The number of carbonyl (C=O) groups is 2. The predicted molar refractivity (Wildman–Crippen MR) is 138 cm³/mol. The van der Waals surface area contributed by atoms with Crippen molar-refractivity contribution in [3.8, 4) is 11.3 Å². The molecule has 0 aliphatic carbocycles. The third kappa shape index (κ3) is 6.00. The number of hydrogen-bond donors (Lipinski definition) is 2. The van der Waals surface area contributed by atoms with Gasteiger partial charge in [0.05, 0.1) is 16.8 Å². The molecule has 1 aliphatic heterocycles. The van der Waals surface area contributed by atoms with Crippen molar-refractivity contribution in [2.45, 2.75) is 52.0 Å². The summed E-state index contributed by atoms with van der Waals surface area (Å²) in [6.07, 6.45) is 6.13. The number of pyridine rings is 1. The fourth-order valence-electron chi connectivity index (χ4n) is 4.65. The molecule has 1 atom stereocenters. The van der Waals surface area contributed by atoms with Crippen LogP contribution in [0.2, 0.25) is 0 Å². The van der Waals surface area contributed by atoms with E-state index in [1.807, 2.05) is 54.6 Å². The van der Waals surface area contributed by atoms with Crippen LogP contribution in [0.3, 0.4) is 0 Å². The van der Waals surface area contributed by atoms with Gasteiger partial charge < -0.3 is 15.5 Å². The molecule has 0 spiro atoms. The van der Waals surface area contributed by atoms with Gasteiger partial charge in [-0.1, -0.05) is 43.2 Å². The zero-order valence-electron chi connectivity index (χ0n) is 20.1. The smallest absolute Gasteiger partial charge is 0.252 e. The Hall–Kier alpha value is -3.25. The molecule has 1 saturated heterocycles. The second-order valence-electron chi connectivity index (χ2n) is 9.17. The van der Waals surface area contributed by atoms with E-state index in [4.69, 9.17) is 4.98 Å². The van der Waals surface area contributed by atoms with Crippen LogP contribution in [-0.2, 0) is 4.79 Å². The molecule has 2 heterocycles. The fraction of sp³-hybridized carbons (Fsp3) is 0.393. The summed E-state index contributed by atoms with van der Waals surface area (Å²) in [6, 6.07) is 17.6. The lowest BCUT2D eigenvalue weighted by molar-refractivity contribution is -0.114. The summed E-state index contributed by atoms with van der Waals surface area (Å²) in [5.41, 5.74) is 3.77. The molecule has 6 nitrogen and oxygen atoms in total. The molecule has 0 bridgehead atoms. The lowest BCUT2D eigenvalue weighted by Crippen LogP contribution is -2.37. The first kappa shape index (κ1) is 23.9. The normalized spacial score (nSPS) is 15.5. The van der Waals surface area contributed by atoms with Crippen LogP contribution in [0.15, 0.2) is 54.6 Å². The van der Waals surface area contributed by atoms with Gasteiger partial charge in [0.2, 0.25) is 5.91 Å². The van der Waals surface area contributed by atoms with E-state index in [-0.39, 0.29) is 11.8 Å². The summed E-state index contributed by atoms with van der Waals surface area (Å²) >= 11 is 0. The van der Waals surface area contributed by atoms with Gasteiger partial charge in [-0.3, -0.25) is 9.59 Å². The third-order valence-electron chi connectivity index (χ3n) is 6.57. The Morgan fingerprint density at radius 1 is 1.00 bits per heavy atom. The number of para-hydroxylation sites is 1. The molecule has 1 fully saturated rings. The van der Waals surface area contributed by atoms with Crippen molar-refractivity contribution >= 4 is 28.4 Å². The van der Waals surface area contributed by atoms with E-state index < -0.39 is 0 Å². The number of fused-ring (bicyclic) bond motifs is 1. The van der Waals surface area contributed by atoms with Gasteiger partial charge in [0, 0.05) is 36.1 Å². The Kier molecular flexibility index (Phi) is 7.91. The van der Waals surface area contributed by atoms with Gasteiger partial charge >= 0.3 is 0 Å². The average molecular weight is 459 g/mol. The highest BCUT2D eigenvalue weighted by Gasteiger charge is 2.17. The predicted octanol–water partition coefficient (Wildman–Crippen LogP) is 5.24. The molecular weight excluding hydrogens is 424 g/mol. The number of amides is 2. The van der Waals surface area contributed by atoms with Crippen LogP contribution in [0.5, 0.6) is 0 Å². The fourth-order valence-corrected chi connectivity index (χ4v) is 4.65. The summed E-state index contributed by atoms with van der Waals surface area (Å²) in [6.45, 7) is 6.72. The molecule has 0 saturated carbocycles. The molecule has 2 aromatic carbocycles. The molecule has 4 rings (SSSR count). The van der Waals surface area contributed by atoms with Crippen LogP contribution in [0, 0.1) is 0 Å². The number of rotatable bonds is 7. The highest BCUT2D eigenvalue weighted by molar-refractivity contribution is 6.07. The van der Waals surface area contributed by atoms with Gasteiger partial charge in [-0.05, 0) is 63.5 Å². The minimum atomic E-state index is -0.110. The topological polar surface area (TPSA) is 74.3 Å². The van der Waals surface area contributed by atoms with Crippen molar-refractivity contribution in [3.05, 3.63) is 60.2 Å². The molecule has 2 amide bonds. The third-order valence-corrected chi connectivity index (χ3v) is 6.57. The molecule has 1 aromatic heterocycles. The van der Waals surface area contributed by atoms with E-state index in [2.05, 4.69) is 22.5 Å². The van der Waals surface area contributed by atoms with Crippen molar-refractivity contribution in [2.75, 3.05) is 25.0 Å². The van der Waals surface area contributed by atoms with Gasteiger partial charge in [0.15, 0.2) is 0 Å². The van der Waals surface area contributed by atoms with Crippen molar-refractivity contribution in [3.63, 3.8) is 0 Å². The van der Waals surface area contributed by atoms with Crippen LogP contribution in [-0.4, -0.2) is 47.4 Å². The van der Waals surface area contributed by atoms with E-state index in [1.54, 1.807) is 0 Å². The molecular formula is C28H34N4O2. The summed E-state index contributed by atoms with van der Waals surface area (Å²) < 4.78 is 0. The van der Waals surface area contributed by atoms with Crippen LogP contribution in [0.1, 0.15) is 56.3 Å². The molecule has 3 aromatic rings. The van der Waals surface area contributed by atoms with Gasteiger partial charge in [-0.15, -0.1) is 0 Å². The summed E-state index contributed by atoms with van der Waals surface area (Å²) in [4.78, 5) is 31.9. The summed E-state index contributed by atoms with van der Waals surface area (Å²) in [5, 5.41) is 6.77. The van der Waals surface area contributed by atoms with E-state index in [1.165, 1.54) is 32.6 Å². The minimum Gasteiger partial charge on any atom is -0.352 e. The lowest BCUT2D eigenvalue weighted by atomic mass is 10.0. The zero-order chi connectivity index (χ0) is 23.9. The van der Waals surface area contributed by atoms with E-state index in [0.717, 1.165) is 47.4 Å². The molecule has 2 N–H and O–H groups in total. The number of likely N-dealkylation sites (tertiary alicyclic amines) is 1. The Morgan fingerprint density at radius 3 is 2.41 bits per heavy atom. The number of aromatic nitrogens is 1. The Balaban J connectivity index is 1.49. The highest BCUT2D eigenvalue weighted by Crippen LogP contribution is 2.26. The first-order valence-electron chi connectivity index (χ1n) is 12.3. The molecule has 1 aliphatic rings. The first-order chi connectivity index (χ1) is 16.5. The van der Waals surface area contributed by atoms with Crippen LogP contribution in [0.25, 0.3) is 22.2 Å². The maximum Gasteiger partial charge on any atom is 0.252 e. The number of nitrogens with zero attached hydrogens (tertiary/aromatic N) is 2. The van der Waals surface area contributed by atoms with Crippen molar-refractivity contribution in [1.29, 1.82) is 0 Å². The van der Waals surface area contributed by atoms with Crippen molar-refractivity contribution in [2.24, 2.45) is 0 Å². The lowest BCUT2D eigenvalue weighted by Gasteiger charge is -2.27. The number of hydrogen-bond acceptors (Lipinski definition) is 4. The van der Waals surface area contributed by atoms with Gasteiger partial charge in [0.1, 0.15) is 0 Å². The van der Waals surface area contributed by atoms with Gasteiger partial charge in [-0.25, -0.2) is 4.98 Å². The van der Waals surface area contributed by atoms with E-state index in [9.17, 15) is 9.59 Å². The minimum absolute atomic E-state index is 0.0715. The largest absolute Gasteiger partial charge is 0.352 e. The number of carbonyl (C=O) groups excluding carboxylic acids is 2. The Morgan fingerprint density at radius 2 is 1.71 bits per heavy atom. The summed E-state index contributed by atoms with van der Waals surface area (Å²) in [7, 11) is 0. The highest BCUT2D eigenvalue weighted by atomic mass is 16.2. The number of benzene rings is 2. The second-order valence-corrected chi connectivity index (χ2v) is 9.17. The molecule has 0 unspecified atom stereocenters. The van der Waals surface area contributed by atoms with Crippen LogP contribution in [0.4, 0.5) is 5.69 Å². The number of nitrogens with one attached hydrogen (secondary N) is 2. The summed E-state index contributed by atoms with van der Waals surface area (Å²) in [5.74, 6) is -0.182. The molecule has 34 heavy (non-hydrogen) atoms. The monoisotopic (exact) mass is 458 g/mol. The van der Waals surface area contributed by atoms with Gasteiger partial charge in [0.25, 0.3) is 5.91 Å². The standard InChI is InChI=1S/C28H34N4O2/c1-20(32-17-7-3-4-8-18-32)15-16-29-28(34)25-19-27(31-26-10-6-5-9-24(25)26)22-11-13-23(14-12-22)30-21(2)33/h5-6,9-14,19-20H,3-4,7-8,15-18H2,1-2H3,(H,29,34)(H,30,33)/t20-/m0/s1. The van der Waals surface area contributed by atoms with Crippen LogP contribution >= 0.6 is 0 Å². The van der Waals surface area contributed by atoms with E-state index >= 15 is 0 Å². The molecule has 178 valence electrons. The van der Waals surface area contributed by atoms with Crippen molar-refractivity contribution < 1.29 is 9.59 Å². The van der Waals surface area contributed by atoms with E-state index in [0.29, 0.717) is 18.2 Å². The average Bonchev–Trinajstić information content (AvgIpc) is 3.13. The zero-order valence-corrected chi connectivity index (χ0v) is 20.1. The van der Waals surface area contributed by atoms with Crippen molar-refractivity contribution in [1.82, 2.24) is 15.2 Å². The SMILES string of the molecule is CC(=O)Nc1ccc(-c2cc(C(=O)NCC[C@H](C)N3CCCCCC3)c3ccccc3n2)cc1. The molecule has 6 heteroatoms. The second kappa shape index (κ2) is 11.3. The molecule has 0 radical (unpaired) electrons. The quantitative estimate of drug-likeness (QED) is 0.507. The first-order valence-corrected chi connectivity index (χ1v) is 12.3. The maximum atomic E-state index is 13.2. The Bertz CT molecular complexity index is 1130.